The van der Waals surface area contributed by atoms with Crippen molar-refractivity contribution < 1.29 is 4.79 Å². The van der Waals surface area contributed by atoms with Crippen LogP contribution >= 0.6 is 0 Å². The topological polar surface area (TPSA) is 68.9 Å². The van der Waals surface area contributed by atoms with E-state index in [9.17, 15) is 9.59 Å². The summed E-state index contributed by atoms with van der Waals surface area (Å²) in [5.41, 5.74) is 0.964. The molecule has 0 aliphatic heterocycles. The van der Waals surface area contributed by atoms with Gasteiger partial charge in [-0.1, -0.05) is 13.8 Å². The number of aromatic nitrogens is 3. The summed E-state index contributed by atoms with van der Waals surface area (Å²) in [6.45, 7) is 6.75. The Bertz CT molecular complexity index is 910. The lowest BCUT2D eigenvalue weighted by Crippen LogP contribution is -2.59. The molecule has 2 aliphatic carbocycles. The van der Waals surface area contributed by atoms with Crippen LogP contribution in [0.1, 0.15) is 40.0 Å². The van der Waals surface area contributed by atoms with Gasteiger partial charge in [0.05, 0.1) is 5.52 Å². The molecule has 2 saturated carbocycles. The standard InChI is InChI=1S/C19H26N4O2/c1-18(2)12-7-8-13(10-12)19(18,3)21-15(24)11-23-14-6-5-9-20-16(14)22(4)17(23)25/h5-6,9,12-13H,7-8,10-11H2,1-4H3,(H,21,24). The summed E-state index contributed by atoms with van der Waals surface area (Å²) in [5.74, 6) is 1.11. The maximum atomic E-state index is 12.8. The third-order valence-corrected chi connectivity index (χ3v) is 7.20. The molecule has 1 N–H and O–H groups in total. The van der Waals surface area contributed by atoms with Crippen LogP contribution in [0.2, 0.25) is 0 Å². The maximum absolute atomic E-state index is 12.8. The van der Waals surface area contributed by atoms with Crippen molar-refractivity contribution in [2.75, 3.05) is 0 Å². The van der Waals surface area contributed by atoms with Crippen LogP contribution in [0.4, 0.5) is 0 Å². The molecule has 2 heterocycles. The van der Waals surface area contributed by atoms with E-state index in [2.05, 4.69) is 31.1 Å². The van der Waals surface area contributed by atoms with Gasteiger partial charge in [-0.25, -0.2) is 9.78 Å². The Balaban J connectivity index is 1.62. The van der Waals surface area contributed by atoms with E-state index < -0.39 is 0 Å². The van der Waals surface area contributed by atoms with Gasteiger partial charge in [0.25, 0.3) is 0 Å². The second-order valence-corrected chi connectivity index (χ2v) is 8.45. The molecule has 2 bridgehead atoms. The first-order valence-electron chi connectivity index (χ1n) is 9.07. The van der Waals surface area contributed by atoms with Crippen LogP contribution in [-0.2, 0) is 18.4 Å². The smallest absolute Gasteiger partial charge is 0.330 e. The van der Waals surface area contributed by atoms with E-state index in [0.29, 0.717) is 23.0 Å². The quantitative estimate of drug-likeness (QED) is 0.928. The zero-order chi connectivity index (χ0) is 18.0. The molecule has 1 amide bonds. The number of carbonyl (C=O) groups is 1. The third-order valence-electron chi connectivity index (χ3n) is 7.20. The molecular formula is C19H26N4O2. The van der Waals surface area contributed by atoms with Crippen molar-refractivity contribution >= 4 is 17.1 Å². The minimum absolute atomic E-state index is 0.0327. The van der Waals surface area contributed by atoms with Gasteiger partial charge in [-0.15, -0.1) is 0 Å². The fraction of sp³-hybridized carbons (Fsp3) is 0.632. The van der Waals surface area contributed by atoms with Crippen molar-refractivity contribution in [2.24, 2.45) is 24.3 Å². The lowest BCUT2D eigenvalue weighted by molar-refractivity contribution is -0.126. The highest BCUT2D eigenvalue weighted by Crippen LogP contribution is 2.61. The predicted molar refractivity (Wildman–Crippen MR) is 96.1 cm³/mol. The van der Waals surface area contributed by atoms with Gasteiger partial charge in [-0.05, 0) is 55.6 Å². The number of pyridine rings is 1. The first-order chi connectivity index (χ1) is 11.8. The Kier molecular flexibility index (Phi) is 3.40. The van der Waals surface area contributed by atoms with E-state index >= 15 is 0 Å². The Morgan fingerprint density at radius 1 is 1.32 bits per heavy atom. The van der Waals surface area contributed by atoms with E-state index in [1.807, 2.05) is 6.07 Å². The average molecular weight is 342 g/mol. The number of carbonyl (C=O) groups excluding carboxylic acids is 1. The van der Waals surface area contributed by atoms with Gasteiger partial charge < -0.3 is 5.32 Å². The molecule has 6 nitrogen and oxygen atoms in total. The molecule has 134 valence electrons. The third kappa shape index (κ3) is 2.12. The second kappa shape index (κ2) is 5.19. The summed E-state index contributed by atoms with van der Waals surface area (Å²) in [5, 5.41) is 3.30. The molecule has 2 aromatic heterocycles. The number of fused-ring (bicyclic) bond motifs is 3. The Hall–Kier alpha value is -2.11. The SMILES string of the molecule is Cn1c(=O)n(CC(=O)NC2(C)C3CCC(C3)C2(C)C)c2cccnc21. The van der Waals surface area contributed by atoms with Gasteiger partial charge in [0.15, 0.2) is 5.65 Å². The number of nitrogens with one attached hydrogen (secondary N) is 1. The van der Waals surface area contributed by atoms with Crippen LogP contribution in [0.15, 0.2) is 23.1 Å². The van der Waals surface area contributed by atoms with Gasteiger partial charge in [-0.2, -0.15) is 0 Å². The van der Waals surface area contributed by atoms with E-state index in [1.165, 1.54) is 28.4 Å². The van der Waals surface area contributed by atoms with Gasteiger partial charge in [0.1, 0.15) is 6.54 Å². The van der Waals surface area contributed by atoms with Crippen LogP contribution in [0.5, 0.6) is 0 Å². The molecule has 0 spiro atoms. The molecule has 3 atom stereocenters. The van der Waals surface area contributed by atoms with Crippen molar-refractivity contribution in [2.45, 2.75) is 52.1 Å². The van der Waals surface area contributed by atoms with Crippen LogP contribution < -0.4 is 11.0 Å². The molecular weight excluding hydrogens is 316 g/mol. The van der Waals surface area contributed by atoms with Crippen molar-refractivity contribution in [3.63, 3.8) is 0 Å². The summed E-state index contributed by atoms with van der Waals surface area (Å²) in [7, 11) is 1.69. The molecule has 0 aromatic carbocycles. The minimum Gasteiger partial charge on any atom is -0.349 e. The zero-order valence-electron chi connectivity index (χ0n) is 15.4. The number of aryl methyl sites for hydroxylation is 1. The first kappa shape index (κ1) is 16.4. The summed E-state index contributed by atoms with van der Waals surface area (Å²) in [6.07, 6.45) is 5.30. The molecule has 25 heavy (non-hydrogen) atoms. The number of rotatable bonds is 3. The lowest BCUT2D eigenvalue weighted by atomic mass is 9.64. The highest BCUT2D eigenvalue weighted by Gasteiger charge is 2.60. The summed E-state index contributed by atoms with van der Waals surface area (Å²) in [6, 6.07) is 3.62. The number of hydrogen-bond donors (Lipinski definition) is 1. The summed E-state index contributed by atoms with van der Waals surface area (Å²) >= 11 is 0. The molecule has 3 unspecified atom stereocenters. The Labute approximate surface area is 147 Å². The second-order valence-electron chi connectivity index (χ2n) is 8.45. The number of hydrogen-bond acceptors (Lipinski definition) is 3. The number of nitrogens with zero attached hydrogens (tertiary/aromatic N) is 3. The molecule has 2 aromatic rings. The largest absolute Gasteiger partial charge is 0.349 e. The van der Waals surface area contributed by atoms with Crippen LogP contribution in [-0.4, -0.2) is 25.6 Å². The van der Waals surface area contributed by atoms with E-state index in [4.69, 9.17) is 0 Å². The zero-order valence-corrected chi connectivity index (χ0v) is 15.4. The molecule has 0 radical (unpaired) electrons. The van der Waals surface area contributed by atoms with Crippen LogP contribution in [0.3, 0.4) is 0 Å². The highest BCUT2D eigenvalue weighted by molar-refractivity contribution is 5.80. The van der Waals surface area contributed by atoms with E-state index in [0.717, 1.165) is 0 Å². The lowest BCUT2D eigenvalue weighted by Gasteiger charge is -2.48. The van der Waals surface area contributed by atoms with Gasteiger partial charge >= 0.3 is 5.69 Å². The number of imidazole rings is 1. The summed E-state index contributed by atoms with van der Waals surface area (Å²) < 4.78 is 3.01. The predicted octanol–water partition coefficient (Wildman–Crippen LogP) is 2.07. The Morgan fingerprint density at radius 2 is 2.04 bits per heavy atom. The maximum Gasteiger partial charge on any atom is 0.330 e. The van der Waals surface area contributed by atoms with E-state index in [1.54, 1.807) is 19.3 Å². The van der Waals surface area contributed by atoms with Crippen molar-refractivity contribution in [3.8, 4) is 0 Å². The van der Waals surface area contributed by atoms with E-state index in [-0.39, 0.29) is 29.1 Å². The number of amides is 1. The normalized spacial score (nSPS) is 30.1. The molecule has 0 saturated heterocycles. The first-order valence-corrected chi connectivity index (χ1v) is 9.07. The molecule has 2 aliphatic rings. The molecule has 6 heteroatoms. The molecule has 2 fully saturated rings. The Morgan fingerprint density at radius 3 is 2.72 bits per heavy atom. The molecule has 4 rings (SSSR count). The van der Waals surface area contributed by atoms with Crippen molar-refractivity contribution in [1.29, 1.82) is 0 Å². The fourth-order valence-corrected chi connectivity index (χ4v) is 5.23. The fourth-order valence-electron chi connectivity index (χ4n) is 5.23. The van der Waals surface area contributed by atoms with Crippen LogP contribution in [0, 0.1) is 17.3 Å². The minimum atomic E-state index is -0.209. The van der Waals surface area contributed by atoms with Crippen LogP contribution in [0.25, 0.3) is 11.2 Å². The van der Waals surface area contributed by atoms with Crippen molar-refractivity contribution in [1.82, 2.24) is 19.4 Å². The summed E-state index contributed by atoms with van der Waals surface area (Å²) in [4.78, 5) is 29.6. The van der Waals surface area contributed by atoms with Crippen molar-refractivity contribution in [3.05, 3.63) is 28.8 Å². The van der Waals surface area contributed by atoms with Gasteiger partial charge in [0.2, 0.25) is 5.91 Å². The average Bonchev–Trinajstić information content (AvgIpc) is 3.20. The highest BCUT2D eigenvalue weighted by atomic mass is 16.2. The van der Waals surface area contributed by atoms with Gasteiger partial charge in [-0.3, -0.25) is 13.9 Å². The monoisotopic (exact) mass is 342 g/mol. The van der Waals surface area contributed by atoms with Gasteiger partial charge in [0, 0.05) is 18.8 Å².